The third-order valence-electron chi connectivity index (χ3n) is 5.15. The van der Waals surface area contributed by atoms with Gasteiger partial charge >= 0.3 is 0 Å². The van der Waals surface area contributed by atoms with E-state index in [0.29, 0.717) is 17.8 Å². The van der Waals surface area contributed by atoms with Crippen molar-refractivity contribution < 1.29 is 9.53 Å². The van der Waals surface area contributed by atoms with Crippen LogP contribution in [0.3, 0.4) is 0 Å². The van der Waals surface area contributed by atoms with Gasteiger partial charge in [-0.2, -0.15) is 0 Å². The van der Waals surface area contributed by atoms with E-state index in [2.05, 4.69) is 17.1 Å². The first-order chi connectivity index (χ1) is 11.6. The molecular weight excluding hydrogens is 304 g/mol. The first-order valence-corrected chi connectivity index (χ1v) is 9.48. The molecule has 1 heterocycles. The van der Waals surface area contributed by atoms with E-state index in [4.69, 9.17) is 15.5 Å². The molecule has 2 aliphatic rings. The van der Waals surface area contributed by atoms with E-state index < -0.39 is 0 Å². The molecule has 2 rings (SSSR count). The zero-order chi connectivity index (χ0) is 17.4. The molecule has 1 saturated heterocycles. The molecule has 1 amide bonds. The first-order valence-electron chi connectivity index (χ1n) is 9.48. The van der Waals surface area contributed by atoms with Gasteiger partial charge in [-0.1, -0.05) is 0 Å². The van der Waals surface area contributed by atoms with Crippen molar-refractivity contribution in [2.75, 3.05) is 39.4 Å². The van der Waals surface area contributed by atoms with Crippen molar-refractivity contribution in [1.82, 2.24) is 10.2 Å². The van der Waals surface area contributed by atoms with Crippen LogP contribution in [0.15, 0.2) is 4.99 Å². The van der Waals surface area contributed by atoms with Gasteiger partial charge in [-0.15, -0.1) is 0 Å². The summed E-state index contributed by atoms with van der Waals surface area (Å²) < 4.78 is 5.51. The molecule has 3 N–H and O–H groups in total. The van der Waals surface area contributed by atoms with Crippen LogP contribution in [0.5, 0.6) is 0 Å². The topological polar surface area (TPSA) is 80.0 Å². The number of nitrogens with zero attached hydrogens (tertiary/aromatic N) is 2. The second kappa shape index (κ2) is 9.25. The van der Waals surface area contributed by atoms with Crippen molar-refractivity contribution in [2.24, 2.45) is 22.1 Å². The van der Waals surface area contributed by atoms with Gasteiger partial charge in [-0.05, 0) is 57.3 Å². The van der Waals surface area contributed by atoms with Crippen LogP contribution in [0.2, 0.25) is 0 Å². The zero-order valence-corrected chi connectivity index (χ0v) is 15.4. The maximum Gasteiger partial charge on any atom is 0.217 e. The third-order valence-corrected chi connectivity index (χ3v) is 5.15. The van der Waals surface area contributed by atoms with Gasteiger partial charge in [0.25, 0.3) is 0 Å². The number of nitrogens with two attached hydrogens (primary N) is 1. The SMILES string of the molecule is CCNC(=NCC1(CCOCC)CC1)N1CCCC(CC(N)=O)C1. The molecule has 6 heteroatoms. The lowest BCUT2D eigenvalue weighted by molar-refractivity contribution is -0.119. The number of rotatable bonds is 9. The van der Waals surface area contributed by atoms with Gasteiger partial charge in [-0.3, -0.25) is 9.79 Å². The number of aliphatic imine (C=N–C) groups is 1. The maximum absolute atomic E-state index is 11.2. The van der Waals surface area contributed by atoms with Crippen LogP contribution in [0, 0.1) is 11.3 Å². The molecule has 0 aromatic carbocycles. The highest BCUT2D eigenvalue weighted by Crippen LogP contribution is 2.49. The van der Waals surface area contributed by atoms with Crippen LogP contribution >= 0.6 is 0 Å². The molecule has 1 atom stereocenters. The summed E-state index contributed by atoms with van der Waals surface area (Å²) in [6.07, 6.45) is 6.28. The monoisotopic (exact) mass is 338 g/mol. The summed E-state index contributed by atoms with van der Waals surface area (Å²) in [5, 5.41) is 3.42. The molecule has 6 nitrogen and oxygen atoms in total. The van der Waals surface area contributed by atoms with Crippen LogP contribution in [-0.2, 0) is 9.53 Å². The predicted octanol–water partition coefficient (Wildman–Crippen LogP) is 1.75. The number of likely N-dealkylation sites (tertiary alicyclic amines) is 1. The summed E-state index contributed by atoms with van der Waals surface area (Å²) in [4.78, 5) is 18.4. The molecular formula is C18H34N4O2. The summed E-state index contributed by atoms with van der Waals surface area (Å²) in [5.74, 6) is 1.15. The molecule has 138 valence electrons. The van der Waals surface area contributed by atoms with Crippen LogP contribution in [0.4, 0.5) is 0 Å². The van der Waals surface area contributed by atoms with Crippen molar-refractivity contribution >= 4 is 11.9 Å². The molecule has 0 bridgehead atoms. The van der Waals surface area contributed by atoms with Crippen LogP contribution in [0.25, 0.3) is 0 Å². The minimum atomic E-state index is -0.198. The van der Waals surface area contributed by atoms with E-state index >= 15 is 0 Å². The van der Waals surface area contributed by atoms with Gasteiger partial charge < -0.3 is 20.7 Å². The number of guanidine groups is 1. The van der Waals surface area contributed by atoms with Crippen molar-refractivity contribution in [1.29, 1.82) is 0 Å². The van der Waals surface area contributed by atoms with E-state index in [-0.39, 0.29) is 5.91 Å². The smallest absolute Gasteiger partial charge is 0.217 e. The number of amides is 1. The molecule has 1 unspecified atom stereocenters. The van der Waals surface area contributed by atoms with Crippen LogP contribution in [0.1, 0.15) is 52.4 Å². The average molecular weight is 338 g/mol. The van der Waals surface area contributed by atoms with Gasteiger partial charge in [0.15, 0.2) is 5.96 Å². The Hall–Kier alpha value is -1.30. The third kappa shape index (κ3) is 5.96. The molecule has 2 fully saturated rings. The van der Waals surface area contributed by atoms with Gasteiger partial charge in [-0.25, -0.2) is 0 Å². The summed E-state index contributed by atoms with van der Waals surface area (Å²) in [5.41, 5.74) is 5.73. The molecule has 1 saturated carbocycles. The van der Waals surface area contributed by atoms with Gasteiger partial charge in [0.1, 0.15) is 0 Å². The van der Waals surface area contributed by atoms with Crippen molar-refractivity contribution in [3.8, 4) is 0 Å². The minimum absolute atomic E-state index is 0.198. The fourth-order valence-electron chi connectivity index (χ4n) is 3.47. The molecule has 0 aromatic rings. The number of nitrogens with one attached hydrogen (secondary N) is 1. The highest BCUT2D eigenvalue weighted by molar-refractivity contribution is 5.80. The lowest BCUT2D eigenvalue weighted by Crippen LogP contribution is -2.47. The Morgan fingerprint density at radius 3 is 2.83 bits per heavy atom. The van der Waals surface area contributed by atoms with Crippen LogP contribution in [-0.4, -0.2) is 56.2 Å². The zero-order valence-electron chi connectivity index (χ0n) is 15.4. The summed E-state index contributed by atoms with van der Waals surface area (Å²) in [7, 11) is 0. The lowest BCUT2D eigenvalue weighted by Gasteiger charge is -2.35. The summed E-state index contributed by atoms with van der Waals surface area (Å²) in [6, 6.07) is 0. The van der Waals surface area contributed by atoms with Crippen molar-refractivity contribution in [2.45, 2.75) is 52.4 Å². The number of ether oxygens (including phenoxy) is 1. The van der Waals surface area contributed by atoms with E-state index in [0.717, 1.165) is 64.6 Å². The highest BCUT2D eigenvalue weighted by atomic mass is 16.5. The Morgan fingerprint density at radius 1 is 1.42 bits per heavy atom. The van der Waals surface area contributed by atoms with E-state index in [9.17, 15) is 4.79 Å². The van der Waals surface area contributed by atoms with E-state index in [1.165, 1.54) is 12.8 Å². The van der Waals surface area contributed by atoms with E-state index in [1.54, 1.807) is 0 Å². The minimum Gasteiger partial charge on any atom is -0.382 e. The fraction of sp³-hybridized carbons (Fsp3) is 0.889. The van der Waals surface area contributed by atoms with Crippen molar-refractivity contribution in [3.63, 3.8) is 0 Å². The number of carbonyl (C=O) groups excluding carboxylic acids is 1. The normalized spacial score (nSPS) is 23.2. The second-order valence-electron chi connectivity index (χ2n) is 7.24. The molecule has 1 aliphatic heterocycles. The summed E-state index contributed by atoms with van der Waals surface area (Å²) >= 11 is 0. The molecule has 0 radical (unpaired) electrons. The number of carbonyl (C=O) groups is 1. The van der Waals surface area contributed by atoms with Gasteiger partial charge in [0.05, 0.1) is 0 Å². The Labute approximate surface area is 146 Å². The number of hydrogen-bond acceptors (Lipinski definition) is 3. The number of primary amides is 1. The van der Waals surface area contributed by atoms with E-state index in [1.807, 2.05) is 6.92 Å². The molecule has 24 heavy (non-hydrogen) atoms. The number of piperidine rings is 1. The molecule has 0 spiro atoms. The number of hydrogen-bond donors (Lipinski definition) is 2. The van der Waals surface area contributed by atoms with Gasteiger partial charge in [0.2, 0.25) is 5.91 Å². The van der Waals surface area contributed by atoms with Crippen molar-refractivity contribution in [3.05, 3.63) is 0 Å². The highest BCUT2D eigenvalue weighted by Gasteiger charge is 2.42. The molecule has 1 aliphatic carbocycles. The quantitative estimate of drug-likeness (QED) is 0.381. The largest absolute Gasteiger partial charge is 0.382 e. The molecule has 0 aromatic heterocycles. The first kappa shape index (κ1) is 19.0. The maximum atomic E-state index is 11.2. The Morgan fingerprint density at radius 2 is 2.21 bits per heavy atom. The lowest BCUT2D eigenvalue weighted by atomic mass is 9.95. The van der Waals surface area contributed by atoms with Crippen LogP contribution < -0.4 is 11.1 Å². The summed E-state index contributed by atoms with van der Waals surface area (Å²) in [6.45, 7) is 9.39. The fourth-order valence-corrected chi connectivity index (χ4v) is 3.47. The Balaban J connectivity index is 1.91. The Kier molecular flexibility index (Phi) is 7.34. The van der Waals surface area contributed by atoms with Gasteiger partial charge in [0, 0.05) is 45.8 Å². The Bertz CT molecular complexity index is 435. The standard InChI is InChI=1S/C18H34N4O2/c1-3-20-17(21-14-18(7-8-18)9-11-24-4-2)22-10-5-6-15(13-22)12-16(19)23/h15H,3-14H2,1-2H3,(H2,19,23)(H,20,21). The average Bonchev–Trinajstić information content (AvgIpc) is 3.31. The predicted molar refractivity (Wildman–Crippen MR) is 96.9 cm³/mol. The second-order valence-corrected chi connectivity index (χ2v) is 7.24.